The molecule has 4 nitrogen and oxygen atoms in total. The van der Waals surface area contributed by atoms with Crippen LogP contribution in [0.15, 0.2) is 42.6 Å². The molecule has 0 saturated heterocycles. The summed E-state index contributed by atoms with van der Waals surface area (Å²) in [5.74, 6) is -0.740. The zero-order valence-electron chi connectivity index (χ0n) is 15.0. The highest BCUT2D eigenvalue weighted by Gasteiger charge is 2.47. The van der Waals surface area contributed by atoms with Crippen molar-refractivity contribution in [3.05, 3.63) is 65.4 Å². The molecule has 2 aromatic carbocycles. The molecule has 2 N–H and O–H groups in total. The lowest BCUT2D eigenvalue weighted by Crippen LogP contribution is -2.41. The summed E-state index contributed by atoms with van der Waals surface area (Å²) in [7, 11) is -3.43. The molecule has 4 rings (SSSR count). The molecule has 0 spiro atoms. The van der Waals surface area contributed by atoms with E-state index in [2.05, 4.69) is 16.6 Å². The Morgan fingerprint density at radius 1 is 1.15 bits per heavy atom. The Labute approximate surface area is 156 Å². The van der Waals surface area contributed by atoms with Gasteiger partial charge in [-0.3, -0.25) is 4.72 Å². The van der Waals surface area contributed by atoms with Crippen molar-refractivity contribution in [1.29, 1.82) is 0 Å². The molecular formula is C20H20F2N2O2S. The summed E-state index contributed by atoms with van der Waals surface area (Å²) in [6.45, 7) is 2.10. The van der Waals surface area contributed by atoms with Gasteiger partial charge in [-0.05, 0) is 42.0 Å². The van der Waals surface area contributed by atoms with Crippen molar-refractivity contribution in [2.24, 2.45) is 5.92 Å². The number of hydrogen-bond donors (Lipinski definition) is 2. The average Bonchev–Trinajstić information content (AvgIpc) is 2.96. The second-order valence-electron chi connectivity index (χ2n) is 7.52. The molecule has 0 bridgehead atoms. The highest BCUT2D eigenvalue weighted by Crippen LogP contribution is 2.54. The fraction of sp³-hybridized carbons (Fsp3) is 0.300. The van der Waals surface area contributed by atoms with Crippen molar-refractivity contribution < 1.29 is 17.2 Å². The quantitative estimate of drug-likeness (QED) is 0.687. The van der Waals surface area contributed by atoms with Crippen molar-refractivity contribution in [3.8, 4) is 0 Å². The van der Waals surface area contributed by atoms with E-state index in [-0.39, 0.29) is 0 Å². The number of sulfonamides is 1. The van der Waals surface area contributed by atoms with Crippen LogP contribution >= 0.6 is 0 Å². The van der Waals surface area contributed by atoms with E-state index in [4.69, 9.17) is 0 Å². The predicted molar refractivity (Wildman–Crippen MR) is 102 cm³/mol. The summed E-state index contributed by atoms with van der Waals surface area (Å²) in [5, 5.41) is 0.833. The molecule has 0 unspecified atom stereocenters. The van der Waals surface area contributed by atoms with Crippen LogP contribution in [0.5, 0.6) is 0 Å². The number of para-hydroxylation sites is 1. The molecule has 1 saturated carbocycles. The maximum absolute atomic E-state index is 14.6. The van der Waals surface area contributed by atoms with Crippen LogP contribution in [0.25, 0.3) is 10.9 Å². The first-order valence-electron chi connectivity index (χ1n) is 8.73. The molecule has 0 amide bonds. The summed E-state index contributed by atoms with van der Waals surface area (Å²) in [6.07, 6.45) is 4.39. The standard InChI is InChI=1S/C20H20F2N2O2S/c1-12-9-20(10-12,15-7-6-13(21)8-17(15)22)16-11-23-19-14(16)4-3-5-18(19)24-27(2,25)26/h3-8,11-12,23-24H,9-10H2,1-2H3. The monoisotopic (exact) mass is 390 g/mol. The minimum atomic E-state index is -3.43. The highest BCUT2D eigenvalue weighted by atomic mass is 32.2. The average molecular weight is 390 g/mol. The van der Waals surface area contributed by atoms with E-state index in [1.165, 1.54) is 12.1 Å². The molecule has 27 heavy (non-hydrogen) atoms. The van der Waals surface area contributed by atoms with Crippen molar-refractivity contribution in [3.63, 3.8) is 0 Å². The van der Waals surface area contributed by atoms with Crippen molar-refractivity contribution >= 4 is 26.6 Å². The SMILES string of the molecule is CC1CC(c2ccc(F)cc2F)(c2c[nH]c3c(NS(C)(=O)=O)cccc23)C1. The van der Waals surface area contributed by atoms with Crippen LogP contribution in [0, 0.1) is 17.6 Å². The van der Waals surface area contributed by atoms with Gasteiger partial charge in [0.1, 0.15) is 11.6 Å². The van der Waals surface area contributed by atoms with Gasteiger partial charge < -0.3 is 4.98 Å². The largest absolute Gasteiger partial charge is 0.359 e. The number of fused-ring (bicyclic) bond motifs is 1. The van der Waals surface area contributed by atoms with Crippen LogP contribution in [-0.4, -0.2) is 19.7 Å². The third-order valence-corrected chi connectivity index (χ3v) is 5.96. The maximum Gasteiger partial charge on any atom is 0.229 e. The van der Waals surface area contributed by atoms with Crippen LogP contribution < -0.4 is 4.72 Å². The first kappa shape index (κ1) is 18.0. The number of nitrogens with one attached hydrogen (secondary N) is 2. The van der Waals surface area contributed by atoms with Gasteiger partial charge in [0.15, 0.2) is 0 Å². The second-order valence-corrected chi connectivity index (χ2v) is 9.27. The van der Waals surface area contributed by atoms with Crippen molar-refractivity contribution in [2.45, 2.75) is 25.2 Å². The molecule has 1 aromatic heterocycles. The van der Waals surface area contributed by atoms with E-state index in [0.717, 1.165) is 36.1 Å². The minimum absolute atomic E-state index is 0.414. The third kappa shape index (κ3) is 3.00. The van der Waals surface area contributed by atoms with Gasteiger partial charge in [-0.25, -0.2) is 17.2 Å². The summed E-state index contributed by atoms with van der Waals surface area (Å²) in [5.41, 5.74) is 1.92. The molecule has 1 aliphatic rings. The predicted octanol–water partition coefficient (Wildman–Crippen LogP) is 4.53. The first-order chi connectivity index (χ1) is 12.7. The Balaban J connectivity index is 1.90. The number of hydrogen-bond acceptors (Lipinski definition) is 2. The van der Waals surface area contributed by atoms with Crippen LogP contribution in [0.1, 0.15) is 30.9 Å². The molecule has 0 atom stereocenters. The van der Waals surface area contributed by atoms with Crippen molar-refractivity contribution in [2.75, 3.05) is 11.0 Å². The van der Waals surface area contributed by atoms with Crippen LogP contribution in [0.2, 0.25) is 0 Å². The van der Waals surface area contributed by atoms with Gasteiger partial charge >= 0.3 is 0 Å². The Kier molecular flexibility index (Phi) is 4.03. The number of halogens is 2. The normalized spacial score (nSPS) is 22.6. The highest BCUT2D eigenvalue weighted by molar-refractivity contribution is 7.92. The fourth-order valence-corrected chi connectivity index (χ4v) is 5.00. The van der Waals surface area contributed by atoms with E-state index < -0.39 is 27.1 Å². The Morgan fingerprint density at radius 2 is 1.89 bits per heavy atom. The van der Waals surface area contributed by atoms with Crippen LogP contribution in [0.4, 0.5) is 14.5 Å². The van der Waals surface area contributed by atoms with E-state index in [1.54, 1.807) is 12.1 Å². The zero-order chi connectivity index (χ0) is 19.4. The Bertz CT molecular complexity index is 1130. The van der Waals surface area contributed by atoms with Gasteiger partial charge in [0, 0.05) is 23.1 Å². The fourth-order valence-electron chi connectivity index (χ4n) is 4.43. The zero-order valence-corrected chi connectivity index (χ0v) is 15.8. The van der Waals surface area contributed by atoms with Gasteiger partial charge in [0.25, 0.3) is 0 Å². The van der Waals surface area contributed by atoms with Gasteiger partial charge in [0.2, 0.25) is 10.0 Å². The molecule has 1 heterocycles. The Hall–Kier alpha value is -2.41. The molecule has 142 valence electrons. The summed E-state index contributed by atoms with van der Waals surface area (Å²) < 4.78 is 53.9. The van der Waals surface area contributed by atoms with Crippen LogP contribution in [0.3, 0.4) is 0 Å². The van der Waals surface area contributed by atoms with E-state index in [1.807, 2.05) is 12.3 Å². The molecule has 7 heteroatoms. The van der Waals surface area contributed by atoms with E-state index in [0.29, 0.717) is 22.7 Å². The number of anilines is 1. The molecule has 3 aromatic rings. The smallest absolute Gasteiger partial charge is 0.229 e. The lowest BCUT2D eigenvalue weighted by molar-refractivity contribution is 0.196. The maximum atomic E-state index is 14.6. The number of aromatic nitrogens is 1. The molecule has 0 aliphatic heterocycles. The number of H-pyrrole nitrogens is 1. The number of aromatic amines is 1. The lowest BCUT2D eigenvalue weighted by Gasteiger charge is -2.47. The number of benzene rings is 2. The van der Waals surface area contributed by atoms with Gasteiger partial charge in [-0.2, -0.15) is 0 Å². The van der Waals surface area contributed by atoms with Gasteiger partial charge in [-0.1, -0.05) is 25.1 Å². The Morgan fingerprint density at radius 3 is 2.52 bits per heavy atom. The van der Waals surface area contributed by atoms with Gasteiger partial charge in [0.05, 0.1) is 17.5 Å². The van der Waals surface area contributed by atoms with E-state index in [9.17, 15) is 17.2 Å². The van der Waals surface area contributed by atoms with Crippen molar-refractivity contribution in [1.82, 2.24) is 4.98 Å². The third-order valence-electron chi connectivity index (χ3n) is 5.37. The molecule has 0 radical (unpaired) electrons. The minimum Gasteiger partial charge on any atom is -0.359 e. The first-order valence-corrected chi connectivity index (χ1v) is 10.6. The van der Waals surface area contributed by atoms with E-state index >= 15 is 0 Å². The van der Waals surface area contributed by atoms with Gasteiger partial charge in [-0.15, -0.1) is 0 Å². The summed E-state index contributed by atoms with van der Waals surface area (Å²) in [4.78, 5) is 3.15. The molecule has 1 fully saturated rings. The topological polar surface area (TPSA) is 62.0 Å². The second kappa shape index (κ2) is 6.05. The summed E-state index contributed by atoms with van der Waals surface area (Å²) >= 11 is 0. The molecular weight excluding hydrogens is 370 g/mol. The lowest BCUT2D eigenvalue weighted by atomic mass is 9.56. The molecule has 1 aliphatic carbocycles. The van der Waals surface area contributed by atoms with Crippen LogP contribution in [-0.2, 0) is 15.4 Å². The summed E-state index contributed by atoms with van der Waals surface area (Å²) in [6, 6.07) is 9.07. The number of rotatable bonds is 4.